The highest BCUT2D eigenvalue weighted by molar-refractivity contribution is 7.90. The second kappa shape index (κ2) is 5.44. The number of benzene rings is 2. The van der Waals surface area contributed by atoms with Crippen LogP contribution < -0.4 is 5.56 Å². The molecular formula is C18H13NO4S2. The quantitative estimate of drug-likeness (QED) is 0.547. The van der Waals surface area contributed by atoms with Gasteiger partial charge in [-0.2, -0.15) is 0 Å². The van der Waals surface area contributed by atoms with Gasteiger partial charge in [0.15, 0.2) is 9.84 Å². The van der Waals surface area contributed by atoms with Crippen molar-refractivity contribution >= 4 is 42.2 Å². The molecule has 0 fully saturated rings. The molecular weight excluding hydrogens is 358 g/mol. The Labute approximate surface area is 147 Å². The fourth-order valence-electron chi connectivity index (χ4n) is 3.00. The van der Waals surface area contributed by atoms with Crippen LogP contribution >= 0.6 is 11.3 Å². The molecule has 0 amide bonds. The third-order valence-electron chi connectivity index (χ3n) is 4.19. The summed E-state index contributed by atoms with van der Waals surface area (Å²) in [6, 6.07) is 13.8. The van der Waals surface area contributed by atoms with Gasteiger partial charge in [0, 0.05) is 17.0 Å². The number of pyridine rings is 1. The molecule has 2 aromatic carbocycles. The maximum atomic E-state index is 12.3. The van der Waals surface area contributed by atoms with Crippen molar-refractivity contribution in [3.63, 3.8) is 0 Å². The van der Waals surface area contributed by atoms with E-state index in [0.717, 1.165) is 21.9 Å². The molecule has 0 saturated heterocycles. The van der Waals surface area contributed by atoms with E-state index in [4.69, 9.17) is 0 Å². The molecule has 1 N–H and O–H groups in total. The van der Waals surface area contributed by atoms with Crippen molar-refractivity contribution in [2.45, 2.75) is 4.90 Å². The lowest BCUT2D eigenvalue weighted by Gasteiger charge is -2.11. The summed E-state index contributed by atoms with van der Waals surface area (Å²) in [5.74, 6) is 0. The van der Waals surface area contributed by atoms with E-state index >= 15 is 0 Å². The molecule has 2 heterocycles. The van der Waals surface area contributed by atoms with Crippen LogP contribution in [-0.4, -0.2) is 24.6 Å². The van der Waals surface area contributed by atoms with Gasteiger partial charge in [-0.1, -0.05) is 24.3 Å². The van der Waals surface area contributed by atoms with Crippen molar-refractivity contribution in [1.29, 1.82) is 0 Å². The molecule has 0 unspecified atom stereocenters. The molecule has 5 nitrogen and oxygen atoms in total. The molecule has 0 atom stereocenters. The molecule has 2 aromatic heterocycles. The van der Waals surface area contributed by atoms with Gasteiger partial charge in [-0.3, -0.25) is 4.79 Å². The van der Waals surface area contributed by atoms with Crippen LogP contribution in [0.2, 0.25) is 0 Å². The summed E-state index contributed by atoms with van der Waals surface area (Å²) < 4.78 is 24.4. The summed E-state index contributed by atoms with van der Waals surface area (Å²) >= 11 is 1.28. The third kappa shape index (κ3) is 2.43. The number of rotatable bonds is 2. The first-order valence-corrected chi connectivity index (χ1v) is 10.2. The number of thiophene rings is 1. The molecule has 25 heavy (non-hydrogen) atoms. The summed E-state index contributed by atoms with van der Waals surface area (Å²) in [6.45, 7) is 0. The normalized spacial score (nSPS) is 12.0. The van der Waals surface area contributed by atoms with Crippen LogP contribution in [0.4, 0.5) is 0 Å². The lowest BCUT2D eigenvalue weighted by Crippen LogP contribution is -2.17. The Balaban J connectivity index is 2.08. The van der Waals surface area contributed by atoms with Crippen LogP contribution in [0.1, 0.15) is 0 Å². The van der Waals surface area contributed by atoms with Crippen LogP contribution in [0.5, 0.6) is 0 Å². The van der Waals surface area contributed by atoms with Gasteiger partial charge in [0.25, 0.3) is 0 Å². The molecule has 0 bridgehead atoms. The molecule has 0 aliphatic rings. The maximum Gasteiger partial charge on any atom is 0.301 e. The number of fused-ring (bicyclic) bond motifs is 3. The Morgan fingerprint density at radius 3 is 2.44 bits per heavy atom. The SMILES string of the molecule is CS(=O)(=O)c1ccc(-c2cccc3c2c2ccsc2c(=O)n3O)cc1. The van der Waals surface area contributed by atoms with E-state index in [1.165, 1.54) is 17.6 Å². The number of nitrogens with zero attached hydrogens (tertiary/aromatic N) is 1. The van der Waals surface area contributed by atoms with Gasteiger partial charge < -0.3 is 5.21 Å². The molecule has 0 radical (unpaired) electrons. The topological polar surface area (TPSA) is 76.4 Å². The van der Waals surface area contributed by atoms with Crippen molar-refractivity contribution in [1.82, 2.24) is 4.73 Å². The van der Waals surface area contributed by atoms with Crippen LogP contribution in [0, 0.1) is 0 Å². The number of hydrogen-bond acceptors (Lipinski definition) is 5. The highest BCUT2D eigenvalue weighted by Crippen LogP contribution is 2.34. The Morgan fingerprint density at radius 1 is 1.04 bits per heavy atom. The molecule has 4 aromatic rings. The first kappa shape index (κ1) is 15.9. The first-order chi connectivity index (χ1) is 11.9. The van der Waals surface area contributed by atoms with E-state index in [-0.39, 0.29) is 4.90 Å². The van der Waals surface area contributed by atoms with Crippen LogP contribution in [0.3, 0.4) is 0 Å². The van der Waals surface area contributed by atoms with Crippen LogP contribution in [-0.2, 0) is 9.84 Å². The zero-order valence-corrected chi connectivity index (χ0v) is 14.8. The van der Waals surface area contributed by atoms with Gasteiger partial charge in [0.1, 0.15) is 4.70 Å². The van der Waals surface area contributed by atoms with Crippen molar-refractivity contribution in [2.24, 2.45) is 0 Å². The van der Waals surface area contributed by atoms with Crippen molar-refractivity contribution in [3.05, 3.63) is 64.3 Å². The highest BCUT2D eigenvalue weighted by Gasteiger charge is 2.15. The zero-order valence-electron chi connectivity index (χ0n) is 13.1. The summed E-state index contributed by atoms with van der Waals surface area (Å²) in [5.41, 5.74) is 1.61. The van der Waals surface area contributed by atoms with Crippen molar-refractivity contribution in [3.8, 4) is 11.1 Å². The Bertz CT molecular complexity index is 1280. The minimum atomic E-state index is -3.27. The number of hydrogen-bond donors (Lipinski definition) is 1. The lowest BCUT2D eigenvalue weighted by molar-refractivity contribution is 0.190. The fourth-order valence-corrected chi connectivity index (χ4v) is 4.45. The first-order valence-electron chi connectivity index (χ1n) is 7.42. The standard InChI is InChI=1S/C18H13NO4S2/c1-25(22,23)12-7-5-11(6-8-12)13-3-2-4-15-16(13)14-9-10-24-17(14)18(20)19(15)21/h2-10,21H,1H3. The fraction of sp³-hybridized carbons (Fsp3) is 0.0556. The predicted molar refractivity (Wildman–Crippen MR) is 99.3 cm³/mol. The van der Waals surface area contributed by atoms with Gasteiger partial charge in [-0.05, 0) is 40.8 Å². The van der Waals surface area contributed by atoms with E-state index in [9.17, 15) is 18.4 Å². The lowest BCUT2D eigenvalue weighted by atomic mass is 9.98. The smallest absolute Gasteiger partial charge is 0.301 e. The van der Waals surface area contributed by atoms with Gasteiger partial charge in [0.2, 0.25) is 0 Å². The number of sulfone groups is 1. The van der Waals surface area contributed by atoms with E-state index in [1.54, 1.807) is 36.4 Å². The summed E-state index contributed by atoms with van der Waals surface area (Å²) in [4.78, 5) is 12.5. The minimum Gasteiger partial charge on any atom is -0.425 e. The van der Waals surface area contributed by atoms with Gasteiger partial charge in [-0.15, -0.1) is 16.1 Å². The minimum absolute atomic E-state index is 0.247. The van der Waals surface area contributed by atoms with Gasteiger partial charge in [-0.25, -0.2) is 8.42 Å². The largest absolute Gasteiger partial charge is 0.425 e. The summed E-state index contributed by atoms with van der Waals surface area (Å²) in [6.07, 6.45) is 1.17. The van der Waals surface area contributed by atoms with E-state index < -0.39 is 15.4 Å². The second-order valence-electron chi connectivity index (χ2n) is 5.78. The Hall–Kier alpha value is -2.64. The molecule has 0 saturated carbocycles. The maximum absolute atomic E-state index is 12.3. The predicted octanol–water partition coefficient (Wildman–Crippen LogP) is 3.52. The monoisotopic (exact) mass is 371 g/mol. The molecule has 4 rings (SSSR count). The van der Waals surface area contributed by atoms with Crippen LogP contribution in [0.25, 0.3) is 32.1 Å². The van der Waals surface area contributed by atoms with Crippen molar-refractivity contribution in [2.75, 3.05) is 6.26 Å². The average molecular weight is 371 g/mol. The molecule has 0 aliphatic carbocycles. The molecule has 0 spiro atoms. The van der Waals surface area contributed by atoms with E-state index in [0.29, 0.717) is 14.9 Å². The Kier molecular flexibility index (Phi) is 3.45. The molecule has 126 valence electrons. The Morgan fingerprint density at radius 2 is 1.76 bits per heavy atom. The second-order valence-corrected chi connectivity index (χ2v) is 8.71. The summed E-state index contributed by atoms with van der Waals surface area (Å²) in [7, 11) is -3.27. The summed E-state index contributed by atoms with van der Waals surface area (Å²) in [5, 5.41) is 13.6. The van der Waals surface area contributed by atoms with Gasteiger partial charge in [0.05, 0.1) is 10.4 Å². The zero-order chi connectivity index (χ0) is 17.8. The third-order valence-corrected chi connectivity index (χ3v) is 6.22. The highest BCUT2D eigenvalue weighted by atomic mass is 32.2. The van der Waals surface area contributed by atoms with Crippen LogP contribution in [0.15, 0.2) is 63.6 Å². The van der Waals surface area contributed by atoms with E-state index in [2.05, 4.69) is 0 Å². The molecule has 7 heteroatoms. The molecule has 0 aliphatic heterocycles. The number of aromatic nitrogens is 1. The van der Waals surface area contributed by atoms with E-state index in [1.807, 2.05) is 17.5 Å². The van der Waals surface area contributed by atoms with Gasteiger partial charge >= 0.3 is 5.56 Å². The van der Waals surface area contributed by atoms with Crippen molar-refractivity contribution < 1.29 is 13.6 Å². The average Bonchev–Trinajstić information content (AvgIpc) is 3.08.